The van der Waals surface area contributed by atoms with E-state index in [0.717, 1.165) is 10.7 Å². The molecule has 198 valence electrons. The van der Waals surface area contributed by atoms with Gasteiger partial charge in [-0.05, 0) is 37.5 Å². The highest BCUT2D eigenvalue weighted by molar-refractivity contribution is 6.32. The van der Waals surface area contributed by atoms with Crippen molar-refractivity contribution in [3.63, 3.8) is 0 Å². The Morgan fingerprint density at radius 3 is 2.38 bits per heavy atom. The molecular formula is C27H22N4O8. The number of phenols is 4. The largest absolute Gasteiger partial charge is 0.508 e. The molecule has 3 aromatic carbocycles. The Bertz CT molecular complexity index is 1880. The zero-order valence-electron chi connectivity index (χ0n) is 20.7. The van der Waals surface area contributed by atoms with E-state index in [1.54, 1.807) is 6.07 Å². The molecule has 0 bridgehead atoms. The van der Waals surface area contributed by atoms with Gasteiger partial charge in [0.25, 0.3) is 5.56 Å². The van der Waals surface area contributed by atoms with E-state index in [9.17, 15) is 34.8 Å². The minimum Gasteiger partial charge on any atom is -0.508 e. The van der Waals surface area contributed by atoms with Crippen molar-refractivity contribution in [3.05, 3.63) is 67.6 Å². The number of aryl methyl sites for hydroxylation is 1. The highest BCUT2D eigenvalue weighted by Crippen LogP contribution is 2.54. The number of ketones is 2. The van der Waals surface area contributed by atoms with Gasteiger partial charge in [0.15, 0.2) is 5.78 Å². The summed E-state index contributed by atoms with van der Waals surface area (Å²) in [5, 5.41) is 48.2. The first kappa shape index (κ1) is 24.4. The second-order valence-electron chi connectivity index (χ2n) is 9.47. The molecule has 0 fully saturated rings. The minimum atomic E-state index is -0.822. The molecule has 0 atom stereocenters. The quantitative estimate of drug-likeness (QED) is 0.146. The van der Waals surface area contributed by atoms with Gasteiger partial charge in [-0.1, -0.05) is 0 Å². The van der Waals surface area contributed by atoms with Crippen LogP contribution in [0.5, 0.6) is 28.7 Å². The highest BCUT2D eigenvalue weighted by Gasteiger charge is 2.42. The lowest BCUT2D eigenvalue weighted by Gasteiger charge is -2.29. The number of fused-ring (bicyclic) bond motifs is 6. The lowest BCUT2D eigenvalue weighted by atomic mass is 9.75. The number of carbonyl (C=O) groups excluding carboxylic acids is 2. The number of nitrogens with two attached hydrogens (primary N) is 1. The number of nitrogens with one attached hydrogen (secondary N) is 1. The second kappa shape index (κ2) is 8.28. The van der Waals surface area contributed by atoms with Gasteiger partial charge in [-0.15, -0.1) is 0 Å². The molecule has 7 N–H and O–H groups in total. The first-order chi connectivity index (χ1) is 18.6. The van der Waals surface area contributed by atoms with Crippen LogP contribution in [0.2, 0.25) is 0 Å². The van der Waals surface area contributed by atoms with Crippen molar-refractivity contribution in [2.24, 2.45) is 5.84 Å². The molecule has 12 nitrogen and oxygen atoms in total. The van der Waals surface area contributed by atoms with Crippen LogP contribution in [0.25, 0.3) is 21.9 Å². The Morgan fingerprint density at radius 2 is 1.69 bits per heavy atom. The summed E-state index contributed by atoms with van der Waals surface area (Å²) in [5.74, 6) is 1.81. The van der Waals surface area contributed by atoms with Crippen LogP contribution in [0, 0.1) is 6.92 Å². The Labute approximate surface area is 219 Å². The smallest absolute Gasteiger partial charge is 0.279 e. The molecule has 0 saturated carbocycles. The molecule has 2 aliphatic rings. The number of ether oxygens (including phenoxy) is 1. The fraction of sp³-hybridized carbons (Fsp3) is 0.185. The van der Waals surface area contributed by atoms with Gasteiger partial charge in [0, 0.05) is 33.2 Å². The standard InChI is InChI=1S/C27H22N4O8/c1-9-14(32)6-13-18(21(9)33)25(37)20-19(22(13)34)24(36)17-12(26(20)39-2)4-3-10-5-11-7-30-31(8-29-28)27(38)16(11)23(35)15(10)17/h5-7,29,32-33,35-36H,3-4,8,28H2,1-2H3. The third kappa shape index (κ3) is 3.06. The van der Waals surface area contributed by atoms with Crippen molar-refractivity contribution >= 4 is 22.3 Å². The van der Waals surface area contributed by atoms with Crippen molar-refractivity contribution in [3.8, 4) is 39.9 Å². The molecule has 12 heteroatoms. The van der Waals surface area contributed by atoms with Crippen molar-refractivity contribution in [2.45, 2.75) is 26.4 Å². The molecule has 2 aliphatic carbocycles. The summed E-state index contributed by atoms with van der Waals surface area (Å²) in [4.78, 5) is 40.5. The summed E-state index contributed by atoms with van der Waals surface area (Å²) in [6.07, 6.45) is 2.04. The molecule has 0 radical (unpaired) electrons. The molecule has 0 unspecified atom stereocenters. The zero-order valence-corrected chi connectivity index (χ0v) is 20.7. The summed E-state index contributed by atoms with van der Waals surface area (Å²) < 4.78 is 6.64. The molecule has 4 aromatic rings. The van der Waals surface area contributed by atoms with E-state index in [1.807, 2.05) is 0 Å². The third-order valence-corrected chi connectivity index (χ3v) is 7.52. The van der Waals surface area contributed by atoms with Crippen molar-refractivity contribution in [1.29, 1.82) is 0 Å². The van der Waals surface area contributed by atoms with Crippen molar-refractivity contribution in [1.82, 2.24) is 15.2 Å². The lowest BCUT2D eigenvalue weighted by molar-refractivity contribution is 0.0971. The maximum atomic E-state index is 13.7. The van der Waals surface area contributed by atoms with Gasteiger partial charge in [0.1, 0.15) is 35.4 Å². The monoisotopic (exact) mass is 530 g/mol. The number of phenolic OH excluding ortho intramolecular Hbond substituents is 4. The van der Waals surface area contributed by atoms with Gasteiger partial charge in [0.2, 0.25) is 5.78 Å². The summed E-state index contributed by atoms with van der Waals surface area (Å²) >= 11 is 0. The Morgan fingerprint density at radius 1 is 0.949 bits per heavy atom. The van der Waals surface area contributed by atoms with Crippen molar-refractivity contribution in [2.75, 3.05) is 7.11 Å². The van der Waals surface area contributed by atoms with Crippen LogP contribution in [-0.4, -0.2) is 48.9 Å². The number of rotatable bonds is 3. The number of carbonyl (C=O) groups is 2. The van der Waals surface area contributed by atoms with E-state index in [-0.39, 0.29) is 57.6 Å². The van der Waals surface area contributed by atoms with Gasteiger partial charge in [-0.2, -0.15) is 5.10 Å². The molecule has 0 spiro atoms. The van der Waals surface area contributed by atoms with Gasteiger partial charge >= 0.3 is 0 Å². The number of aromatic hydroxyl groups is 4. The Hall–Kier alpha value is -4.94. The molecule has 0 aliphatic heterocycles. The summed E-state index contributed by atoms with van der Waals surface area (Å²) in [7, 11) is 1.31. The van der Waals surface area contributed by atoms with Crippen LogP contribution in [0.3, 0.4) is 0 Å². The number of aromatic nitrogens is 2. The summed E-state index contributed by atoms with van der Waals surface area (Å²) in [6, 6.07) is 2.74. The topological polar surface area (TPSA) is 197 Å². The third-order valence-electron chi connectivity index (χ3n) is 7.52. The predicted octanol–water partition coefficient (Wildman–Crippen LogP) is 1.50. The maximum absolute atomic E-state index is 13.7. The number of hydrazine groups is 1. The van der Waals surface area contributed by atoms with E-state index in [1.165, 1.54) is 20.2 Å². The van der Waals surface area contributed by atoms with Gasteiger partial charge in [0.05, 0.1) is 35.4 Å². The van der Waals surface area contributed by atoms with Crippen LogP contribution < -0.4 is 21.6 Å². The first-order valence-electron chi connectivity index (χ1n) is 11.9. The summed E-state index contributed by atoms with van der Waals surface area (Å²) in [6.45, 7) is 1.28. The number of nitrogens with zero attached hydrogens (tertiary/aromatic N) is 2. The molecular weight excluding hydrogens is 508 g/mol. The number of hydrogen-bond acceptors (Lipinski definition) is 11. The van der Waals surface area contributed by atoms with Gasteiger partial charge in [-0.25, -0.2) is 10.1 Å². The van der Waals surface area contributed by atoms with Crippen molar-refractivity contribution < 1.29 is 34.8 Å². The van der Waals surface area contributed by atoms with Crippen LogP contribution in [0.15, 0.2) is 23.1 Å². The molecule has 39 heavy (non-hydrogen) atoms. The fourth-order valence-electron chi connectivity index (χ4n) is 5.68. The molecule has 0 saturated heterocycles. The van der Waals surface area contributed by atoms with Crippen LogP contribution in [0.4, 0.5) is 0 Å². The number of methoxy groups -OCH3 is 1. The van der Waals surface area contributed by atoms with E-state index in [4.69, 9.17) is 10.6 Å². The van der Waals surface area contributed by atoms with E-state index in [2.05, 4.69) is 10.5 Å². The molecule has 0 amide bonds. The van der Waals surface area contributed by atoms with E-state index in [0.29, 0.717) is 22.9 Å². The van der Waals surface area contributed by atoms with Crippen LogP contribution in [-0.2, 0) is 19.5 Å². The number of benzene rings is 3. The average molecular weight is 530 g/mol. The summed E-state index contributed by atoms with van der Waals surface area (Å²) in [5.41, 5.74) is 1.63. The molecule has 1 heterocycles. The number of hydrogen-bond donors (Lipinski definition) is 6. The first-order valence-corrected chi connectivity index (χ1v) is 11.9. The maximum Gasteiger partial charge on any atom is 0.279 e. The fourth-order valence-corrected chi connectivity index (χ4v) is 5.68. The Kier molecular flexibility index (Phi) is 5.18. The molecule has 1 aromatic heterocycles. The minimum absolute atomic E-state index is 0.0107. The SMILES string of the molecule is COc1c2c(c(O)c3c1C(=O)c1c(cc(O)c(C)c1O)C3=O)-c1c(cc3cnn(CNN)c(=O)c3c1O)CC2. The van der Waals surface area contributed by atoms with Crippen LogP contribution >= 0.6 is 0 Å². The normalized spacial score (nSPS) is 13.6. The van der Waals surface area contributed by atoms with Gasteiger partial charge < -0.3 is 25.2 Å². The molecule has 6 rings (SSSR count). The lowest BCUT2D eigenvalue weighted by Crippen LogP contribution is -2.33. The van der Waals surface area contributed by atoms with E-state index < -0.39 is 45.7 Å². The Balaban J connectivity index is 1.71. The average Bonchev–Trinajstić information content (AvgIpc) is 2.91. The second-order valence-corrected chi connectivity index (χ2v) is 9.47. The highest BCUT2D eigenvalue weighted by atomic mass is 16.5. The zero-order chi connectivity index (χ0) is 27.9. The predicted molar refractivity (Wildman–Crippen MR) is 137 cm³/mol. The van der Waals surface area contributed by atoms with Crippen LogP contribution in [0.1, 0.15) is 48.5 Å². The van der Waals surface area contributed by atoms with Gasteiger partial charge in [-0.3, -0.25) is 20.2 Å². The van der Waals surface area contributed by atoms with E-state index >= 15 is 0 Å².